The highest BCUT2D eigenvalue weighted by Crippen LogP contribution is 2.44. The van der Waals surface area contributed by atoms with E-state index in [-0.39, 0.29) is 32.7 Å². The first kappa shape index (κ1) is 31.5. The first-order valence-corrected chi connectivity index (χ1v) is 13.8. The highest BCUT2D eigenvalue weighted by molar-refractivity contribution is 6.53. The van der Waals surface area contributed by atoms with Crippen LogP contribution in [0.25, 0.3) is 10.8 Å². The summed E-state index contributed by atoms with van der Waals surface area (Å²) in [5.74, 6) is -2.31. The molecule has 0 aromatic heterocycles. The quantitative estimate of drug-likeness (QED) is 0.137. The van der Waals surface area contributed by atoms with Gasteiger partial charge in [-0.25, -0.2) is 9.59 Å². The summed E-state index contributed by atoms with van der Waals surface area (Å²) in [5, 5.41) is 19.4. The molecule has 0 aliphatic rings. The number of halogens is 6. The highest BCUT2D eigenvalue weighted by atomic mass is 35.5. The topological polar surface area (TPSA) is 137 Å². The van der Waals surface area contributed by atoms with Gasteiger partial charge < -0.3 is 15.7 Å². The molecule has 0 aliphatic heterocycles. The number of hydrogen-bond acceptors (Lipinski definition) is 5. The molecule has 0 unspecified atom stereocenters. The summed E-state index contributed by atoms with van der Waals surface area (Å²) in [5.41, 5.74) is -0.307. The average molecular weight is 689 g/mol. The maximum Gasteiger partial charge on any atom is 0.326 e. The Kier molecular flexibility index (Phi) is 9.62. The van der Waals surface area contributed by atoms with Gasteiger partial charge >= 0.3 is 12.1 Å². The number of hydrogen-bond donors (Lipinski definition) is 5. The van der Waals surface area contributed by atoms with E-state index in [1.54, 1.807) is 31.2 Å². The smallest absolute Gasteiger partial charge is 0.326 e. The summed E-state index contributed by atoms with van der Waals surface area (Å²) in [6.45, 7) is 1.63. The molecule has 5 N–H and O–H groups in total. The minimum atomic E-state index is -1.10. The van der Waals surface area contributed by atoms with Crippen LogP contribution in [0, 0.1) is 6.92 Å². The molecule has 0 fully saturated rings. The summed E-state index contributed by atoms with van der Waals surface area (Å²) in [6.07, 6.45) is 0. The fraction of sp³-hybridized carbons (Fsp3) is 0.0370. The van der Waals surface area contributed by atoms with Gasteiger partial charge in [-0.2, -0.15) is 0 Å². The van der Waals surface area contributed by atoms with E-state index in [1.165, 1.54) is 24.3 Å². The Bertz CT molecular complexity index is 1770. The number of anilines is 2. The number of fused-ring (bicyclic) bond motifs is 1. The van der Waals surface area contributed by atoms with Crippen LogP contribution in [-0.4, -0.2) is 29.0 Å². The number of carbonyl (C=O) groups excluding carboxylic acids is 4. The molecular formula is C27H16Cl6N4O5. The molecule has 0 atom stereocenters. The fourth-order valence-corrected chi connectivity index (χ4v) is 5.55. The molecule has 0 radical (unpaired) electrons. The lowest BCUT2D eigenvalue weighted by molar-refractivity contribution is 0.0956. The first-order valence-electron chi connectivity index (χ1n) is 11.6. The summed E-state index contributed by atoms with van der Waals surface area (Å²) in [6, 6.07) is 10.7. The number of phenolic OH excluding ortho intramolecular Hbond substituents is 1. The molecule has 0 saturated carbocycles. The van der Waals surface area contributed by atoms with E-state index in [0.29, 0.717) is 10.9 Å². The number of imide groups is 2. The molecule has 9 nitrogen and oxygen atoms in total. The van der Waals surface area contributed by atoms with Gasteiger partial charge in [-0.3, -0.25) is 20.2 Å². The van der Waals surface area contributed by atoms with Crippen LogP contribution < -0.4 is 21.3 Å². The zero-order chi connectivity index (χ0) is 30.9. The van der Waals surface area contributed by atoms with E-state index >= 15 is 0 Å². The summed E-state index contributed by atoms with van der Waals surface area (Å²) in [7, 11) is 0. The fourth-order valence-electron chi connectivity index (χ4n) is 3.90. The van der Waals surface area contributed by atoms with Crippen molar-refractivity contribution in [3.05, 3.63) is 95.4 Å². The number of aromatic hydroxyl groups is 1. The molecular weight excluding hydrogens is 673 g/mol. The van der Waals surface area contributed by atoms with Crippen LogP contribution >= 0.6 is 69.6 Å². The molecule has 0 bridgehead atoms. The second kappa shape index (κ2) is 12.8. The Labute approximate surface area is 268 Å². The molecule has 42 heavy (non-hydrogen) atoms. The molecule has 216 valence electrons. The predicted octanol–water partition coefficient (Wildman–Crippen LogP) is 8.70. The van der Waals surface area contributed by atoms with E-state index in [0.717, 1.165) is 5.39 Å². The molecule has 15 heteroatoms. The van der Waals surface area contributed by atoms with E-state index in [9.17, 15) is 24.3 Å². The van der Waals surface area contributed by atoms with Crippen molar-refractivity contribution in [1.82, 2.24) is 10.6 Å². The van der Waals surface area contributed by atoms with Crippen molar-refractivity contribution in [3.63, 3.8) is 0 Å². The SMILES string of the molecule is Cc1c(O)c(C(=O)NC(=O)Nc2c(Cl)c(Cl)c(C(=O)NC(=O)Nc3cc(Cl)cc(Cl)c3)c(Cl)c2Cl)cc2ccccc12. The summed E-state index contributed by atoms with van der Waals surface area (Å²) in [4.78, 5) is 50.7. The number of amides is 6. The van der Waals surface area contributed by atoms with Gasteiger partial charge in [0.25, 0.3) is 11.8 Å². The zero-order valence-corrected chi connectivity index (χ0v) is 25.5. The minimum Gasteiger partial charge on any atom is -0.507 e. The van der Waals surface area contributed by atoms with E-state index < -0.39 is 49.5 Å². The van der Waals surface area contributed by atoms with Crippen molar-refractivity contribution in [2.75, 3.05) is 10.6 Å². The Balaban J connectivity index is 1.52. The van der Waals surface area contributed by atoms with Crippen LogP contribution in [0.5, 0.6) is 5.75 Å². The standard InChI is InChI=1S/C27H16Cl6N4O5/c1-10-15-5-3-2-4-11(15)6-16(23(10)38)24(39)36-27(42)35-22-20(32)18(30)17(19(31)21(22)33)25(40)37-26(41)34-14-8-12(28)7-13(29)9-14/h2-9,38H,1H3,(H2,34,37,40,41)(H2,35,36,39,42). The van der Waals surface area contributed by atoms with Gasteiger partial charge in [0.05, 0.1) is 36.9 Å². The van der Waals surface area contributed by atoms with Crippen LogP contribution in [0.1, 0.15) is 26.3 Å². The lowest BCUT2D eigenvalue weighted by Gasteiger charge is -2.16. The lowest BCUT2D eigenvalue weighted by Crippen LogP contribution is -2.35. The van der Waals surface area contributed by atoms with Gasteiger partial charge in [-0.05, 0) is 47.5 Å². The molecule has 4 rings (SSSR count). The predicted molar refractivity (Wildman–Crippen MR) is 166 cm³/mol. The Morgan fingerprint density at radius 2 is 1.24 bits per heavy atom. The molecule has 0 aliphatic carbocycles. The molecule has 0 heterocycles. The second-order valence-electron chi connectivity index (χ2n) is 8.60. The maximum absolute atomic E-state index is 12.8. The van der Waals surface area contributed by atoms with Gasteiger partial charge in [0.1, 0.15) is 5.75 Å². The zero-order valence-electron chi connectivity index (χ0n) is 21.0. The largest absolute Gasteiger partial charge is 0.507 e. The molecule has 0 spiro atoms. The lowest BCUT2D eigenvalue weighted by atomic mass is 10.00. The van der Waals surface area contributed by atoms with E-state index in [1.807, 2.05) is 5.32 Å². The molecule has 4 aromatic rings. The van der Waals surface area contributed by atoms with Crippen LogP contribution in [-0.2, 0) is 0 Å². The van der Waals surface area contributed by atoms with Crippen molar-refractivity contribution in [1.29, 1.82) is 0 Å². The second-order valence-corrected chi connectivity index (χ2v) is 11.0. The third-order valence-electron chi connectivity index (χ3n) is 5.82. The van der Waals surface area contributed by atoms with Crippen LogP contribution in [0.4, 0.5) is 21.0 Å². The van der Waals surface area contributed by atoms with Crippen LogP contribution in [0.3, 0.4) is 0 Å². The van der Waals surface area contributed by atoms with Gasteiger partial charge in [0.15, 0.2) is 0 Å². The molecule has 4 aromatic carbocycles. The van der Waals surface area contributed by atoms with Crippen molar-refractivity contribution in [2.24, 2.45) is 0 Å². The van der Waals surface area contributed by atoms with Crippen LogP contribution in [0.2, 0.25) is 30.1 Å². The van der Waals surface area contributed by atoms with Gasteiger partial charge in [0, 0.05) is 15.7 Å². The Hall–Kier alpha value is -3.44. The summed E-state index contributed by atoms with van der Waals surface area (Å²) >= 11 is 36.9. The van der Waals surface area contributed by atoms with Crippen LogP contribution in [0.15, 0.2) is 48.5 Å². The van der Waals surface area contributed by atoms with E-state index in [4.69, 9.17) is 69.6 Å². The van der Waals surface area contributed by atoms with Gasteiger partial charge in [0.2, 0.25) is 0 Å². The normalized spacial score (nSPS) is 10.7. The molecule has 0 saturated heterocycles. The minimum absolute atomic E-state index is 0.153. The number of carbonyl (C=O) groups is 4. The number of rotatable bonds is 4. The third kappa shape index (κ3) is 6.62. The number of nitrogens with one attached hydrogen (secondary N) is 4. The van der Waals surface area contributed by atoms with Crippen molar-refractivity contribution in [3.8, 4) is 5.75 Å². The van der Waals surface area contributed by atoms with Gasteiger partial charge in [-0.1, -0.05) is 93.9 Å². The number of phenols is 1. The van der Waals surface area contributed by atoms with Crippen molar-refractivity contribution < 1.29 is 24.3 Å². The van der Waals surface area contributed by atoms with Crippen molar-refractivity contribution in [2.45, 2.75) is 6.92 Å². The third-order valence-corrected chi connectivity index (χ3v) is 7.96. The number of benzene rings is 4. The number of urea groups is 2. The summed E-state index contributed by atoms with van der Waals surface area (Å²) < 4.78 is 0. The Morgan fingerprint density at radius 3 is 1.86 bits per heavy atom. The van der Waals surface area contributed by atoms with E-state index in [2.05, 4.69) is 16.0 Å². The van der Waals surface area contributed by atoms with Gasteiger partial charge in [-0.15, -0.1) is 0 Å². The first-order chi connectivity index (χ1) is 19.8. The maximum atomic E-state index is 12.8. The Morgan fingerprint density at radius 1 is 0.690 bits per heavy atom. The molecule has 6 amide bonds. The average Bonchev–Trinajstić information content (AvgIpc) is 2.91. The van der Waals surface area contributed by atoms with Crippen molar-refractivity contribution >= 4 is 116 Å². The number of aryl methyl sites for hydroxylation is 1. The monoisotopic (exact) mass is 686 g/mol. The highest BCUT2D eigenvalue weighted by Gasteiger charge is 2.27.